The molecule has 138 valence electrons. The number of benzene rings is 1. The van der Waals surface area contributed by atoms with E-state index in [0.29, 0.717) is 12.6 Å². The summed E-state index contributed by atoms with van der Waals surface area (Å²) >= 11 is 0. The van der Waals surface area contributed by atoms with Gasteiger partial charge in [0.25, 0.3) is 0 Å². The van der Waals surface area contributed by atoms with Gasteiger partial charge in [0.05, 0.1) is 18.8 Å². The molecule has 4 rings (SSSR count). The smallest absolute Gasteiger partial charge is 0.134 e. The minimum absolute atomic E-state index is 0.161. The maximum atomic E-state index is 9.53. The molecule has 0 bridgehead atoms. The highest BCUT2D eigenvalue weighted by atomic mass is 16.5. The first-order chi connectivity index (χ1) is 12.8. The summed E-state index contributed by atoms with van der Waals surface area (Å²) in [5, 5.41) is 12.9. The second-order valence-corrected chi connectivity index (χ2v) is 7.07. The number of hydrogen-bond acceptors (Lipinski definition) is 6. The molecule has 1 aromatic carbocycles. The third-order valence-corrected chi connectivity index (χ3v) is 5.31. The van der Waals surface area contributed by atoms with E-state index in [-0.39, 0.29) is 12.6 Å². The molecular weight excluding hydrogens is 328 g/mol. The Morgan fingerprint density at radius 3 is 2.85 bits per heavy atom. The van der Waals surface area contributed by atoms with Crippen molar-refractivity contribution in [1.29, 1.82) is 0 Å². The predicted octanol–water partition coefficient (Wildman–Crippen LogP) is 2.98. The molecule has 0 amide bonds. The van der Waals surface area contributed by atoms with Crippen LogP contribution in [0.1, 0.15) is 37.7 Å². The van der Waals surface area contributed by atoms with Crippen LogP contribution in [0.15, 0.2) is 36.7 Å². The van der Waals surface area contributed by atoms with Gasteiger partial charge in [-0.3, -0.25) is 0 Å². The van der Waals surface area contributed by atoms with E-state index in [1.165, 1.54) is 6.42 Å². The lowest BCUT2D eigenvalue weighted by Gasteiger charge is -2.27. The van der Waals surface area contributed by atoms with Crippen molar-refractivity contribution in [2.24, 2.45) is 0 Å². The highest BCUT2D eigenvalue weighted by Gasteiger charge is 2.25. The first-order valence-corrected chi connectivity index (χ1v) is 9.51. The number of aromatic nitrogens is 2. The van der Waals surface area contributed by atoms with Crippen LogP contribution in [0.3, 0.4) is 0 Å². The molecule has 2 heterocycles. The van der Waals surface area contributed by atoms with Crippen LogP contribution in [-0.4, -0.2) is 40.4 Å². The highest BCUT2D eigenvalue weighted by molar-refractivity contribution is 5.50. The highest BCUT2D eigenvalue weighted by Crippen LogP contribution is 2.28. The Balaban J connectivity index is 1.43. The number of hydrogen-bond donors (Lipinski definition) is 2. The van der Waals surface area contributed by atoms with Crippen molar-refractivity contribution in [3.8, 4) is 5.75 Å². The van der Waals surface area contributed by atoms with Crippen molar-refractivity contribution < 1.29 is 9.84 Å². The van der Waals surface area contributed by atoms with Gasteiger partial charge in [-0.2, -0.15) is 0 Å². The molecular formula is C20H26N4O2. The van der Waals surface area contributed by atoms with Crippen molar-refractivity contribution in [1.82, 2.24) is 9.97 Å². The minimum Gasteiger partial charge on any atom is -0.490 e. The Labute approximate surface area is 154 Å². The molecule has 26 heavy (non-hydrogen) atoms. The van der Waals surface area contributed by atoms with Crippen molar-refractivity contribution in [2.75, 3.05) is 23.4 Å². The standard InChI is InChI=1S/C20H26N4O2/c25-13-16-6-4-10-24(16)20-11-19(22-14-23-20)21-12-15-5-1-2-9-18(15)26-17-7-3-8-17/h1-2,5,9,11,14,16-17,25H,3-4,6-8,10,12-13H2,(H,21,22,23). The van der Waals surface area contributed by atoms with Crippen LogP contribution in [0.2, 0.25) is 0 Å². The first kappa shape index (κ1) is 17.1. The molecule has 0 radical (unpaired) electrons. The number of nitrogens with one attached hydrogen (secondary N) is 1. The monoisotopic (exact) mass is 354 g/mol. The second kappa shape index (κ2) is 7.91. The predicted molar refractivity (Wildman–Crippen MR) is 102 cm³/mol. The molecule has 2 aromatic rings. The first-order valence-electron chi connectivity index (χ1n) is 9.51. The molecule has 1 saturated carbocycles. The zero-order valence-corrected chi connectivity index (χ0v) is 15.0. The molecule has 1 aromatic heterocycles. The summed E-state index contributed by atoms with van der Waals surface area (Å²) < 4.78 is 6.09. The van der Waals surface area contributed by atoms with E-state index < -0.39 is 0 Å². The van der Waals surface area contributed by atoms with Crippen LogP contribution >= 0.6 is 0 Å². The van der Waals surface area contributed by atoms with Crippen molar-refractivity contribution >= 4 is 11.6 Å². The Kier molecular flexibility index (Phi) is 5.20. The summed E-state index contributed by atoms with van der Waals surface area (Å²) in [5.41, 5.74) is 1.13. The van der Waals surface area contributed by atoms with Gasteiger partial charge in [-0.1, -0.05) is 18.2 Å². The summed E-state index contributed by atoms with van der Waals surface area (Å²) in [4.78, 5) is 10.9. The van der Waals surface area contributed by atoms with E-state index in [4.69, 9.17) is 4.74 Å². The number of anilines is 2. The normalized spacial score (nSPS) is 20.0. The van der Waals surface area contributed by atoms with E-state index in [1.807, 2.05) is 24.3 Å². The molecule has 1 saturated heterocycles. The fourth-order valence-corrected chi connectivity index (χ4v) is 3.55. The lowest BCUT2D eigenvalue weighted by molar-refractivity contribution is 0.119. The Morgan fingerprint density at radius 1 is 1.15 bits per heavy atom. The van der Waals surface area contributed by atoms with Crippen LogP contribution in [0, 0.1) is 0 Å². The lowest BCUT2D eigenvalue weighted by atomic mass is 9.96. The van der Waals surface area contributed by atoms with E-state index in [1.54, 1.807) is 6.33 Å². The Hall–Kier alpha value is -2.34. The molecule has 6 heteroatoms. The van der Waals surface area contributed by atoms with E-state index >= 15 is 0 Å². The summed E-state index contributed by atoms with van der Waals surface area (Å²) in [5.74, 6) is 2.62. The maximum absolute atomic E-state index is 9.53. The SMILES string of the molecule is OCC1CCCN1c1cc(NCc2ccccc2OC2CCC2)ncn1. The topological polar surface area (TPSA) is 70.5 Å². The van der Waals surface area contributed by atoms with Crippen LogP contribution in [0.4, 0.5) is 11.6 Å². The maximum Gasteiger partial charge on any atom is 0.134 e. The van der Waals surface area contributed by atoms with Gasteiger partial charge in [-0.05, 0) is 38.2 Å². The summed E-state index contributed by atoms with van der Waals surface area (Å²) in [6, 6.07) is 10.3. The van der Waals surface area contributed by atoms with Crippen LogP contribution in [0.5, 0.6) is 5.75 Å². The Morgan fingerprint density at radius 2 is 2.04 bits per heavy atom. The van der Waals surface area contributed by atoms with E-state index in [0.717, 1.165) is 55.2 Å². The molecule has 1 unspecified atom stereocenters. The van der Waals surface area contributed by atoms with Gasteiger partial charge in [-0.25, -0.2) is 9.97 Å². The fraction of sp³-hybridized carbons (Fsp3) is 0.500. The molecule has 0 spiro atoms. The van der Waals surface area contributed by atoms with Gasteiger partial charge < -0.3 is 20.1 Å². The summed E-state index contributed by atoms with van der Waals surface area (Å²) in [6.45, 7) is 1.75. The van der Waals surface area contributed by atoms with Crippen molar-refractivity contribution in [2.45, 2.75) is 50.8 Å². The second-order valence-electron chi connectivity index (χ2n) is 7.07. The molecule has 1 aliphatic carbocycles. The summed E-state index contributed by atoms with van der Waals surface area (Å²) in [6.07, 6.45) is 7.62. The molecule has 6 nitrogen and oxygen atoms in total. The molecule has 1 aliphatic heterocycles. The zero-order chi connectivity index (χ0) is 17.8. The van der Waals surface area contributed by atoms with E-state index in [2.05, 4.69) is 26.3 Å². The van der Waals surface area contributed by atoms with Gasteiger partial charge in [0, 0.05) is 24.7 Å². The quantitative estimate of drug-likeness (QED) is 0.797. The number of ether oxygens (including phenoxy) is 1. The fourth-order valence-electron chi connectivity index (χ4n) is 3.55. The zero-order valence-electron chi connectivity index (χ0n) is 15.0. The minimum atomic E-state index is 0.161. The summed E-state index contributed by atoms with van der Waals surface area (Å²) in [7, 11) is 0. The largest absolute Gasteiger partial charge is 0.490 e. The Bertz CT molecular complexity index is 735. The molecule has 2 aliphatic rings. The number of aliphatic hydroxyl groups is 1. The van der Waals surface area contributed by atoms with Gasteiger partial charge in [0.1, 0.15) is 23.7 Å². The van der Waals surface area contributed by atoms with E-state index in [9.17, 15) is 5.11 Å². The molecule has 1 atom stereocenters. The third-order valence-electron chi connectivity index (χ3n) is 5.31. The molecule has 2 N–H and O–H groups in total. The number of rotatable bonds is 7. The van der Waals surface area contributed by atoms with Crippen LogP contribution < -0.4 is 15.0 Å². The third kappa shape index (κ3) is 3.75. The van der Waals surface area contributed by atoms with Crippen molar-refractivity contribution in [3.05, 3.63) is 42.2 Å². The van der Waals surface area contributed by atoms with Gasteiger partial charge in [0.15, 0.2) is 0 Å². The number of nitrogens with zero attached hydrogens (tertiary/aromatic N) is 3. The lowest BCUT2D eigenvalue weighted by Crippen LogP contribution is -2.32. The van der Waals surface area contributed by atoms with Gasteiger partial charge in [0.2, 0.25) is 0 Å². The van der Waals surface area contributed by atoms with Crippen LogP contribution in [0.25, 0.3) is 0 Å². The van der Waals surface area contributed by atoms with Gasteiger partial charge in [-0.15, -0.1) is 0 Å². The number of aliphatic hydroxyl groups excluding tert-OH is 1. The van der Waals surface area contributed by atoms with Crippen LogP contribution in [-0.2, 0) is 6.54 Å². The molecule has 2 fully saturated rings. The average molecular weight is 354 g/mol. The number of para-hydroxylation sites is 1. The van der Waals surface area contributed by atoms with Gasteiger partial charge >= 0.3 is 0 Å². The van der Waals surface area contributed by atoms with Crippen molar-refractivity contribution in [3.63, 3.8) is 0 Å². The average Bonchev–Trinajstić information content (AvgIpc) is 3.13.